The average Bonchev–Trinajstić information content (AvgIpc) is 2.42. The van der Waals surface area contributed by atoms with E-state index in [2.05, 4.69) is 16.0 Å². The number of nitrogens with zero attached hydrogens (tertiary/aromatic N) is 4. The summed E-state index contributed by atoms with van der Waals surface area (Å²) in [7, 11) is 0. The first-order chi connectivity index (χ1) is 8.81. The van der Waals surface area contributed by atoms with Crippen LogP contribution >= 0.6 is 0 Å². The van der Waals surface area contributed by atoms with Crippen molar-refractivity contribution in [1.82, 2.24) is 9.97 Å². The molecule has 2 rings (SSSR count). The molecule has 0 bridgehead atoms. The van der Waals surface area contributed by atoms with Crippen LogP contribution in [0.4, 0.5) is 17.3 Å². The largest absolute Gasteiger partial charge is 0.382 e. The molecule has 18 heavy (non-hydrogen) atoms. The fraction of sp³-hybridized carbons (Fsp3) is 0.154. The molecule has 0 aliphatic rings. The zero-order chi connectivity index (χ0) is 12.8. The molecule has 0 atom stereocenters. The van der Waals surface area contributed by atoms with E-state index in [4.69, 9.17) is 11.0 Å². The van der Waals surface area contributed by atoms with Gasteiger partial charge in [-0.3, -0.25) is 0 Å². The third kappa shape index (κ3) is 2.74. The quantitative estimate of drug-likeness (QED) is 0.883. The van der Waals surface area contributed by atoms with Gasteiger partial charge in [-0.2, -0.15) is 5.26 Å². The average molecular weight is 239 g/mol. The minimum Gasteiger partial charge on any atom is -0.382 e. The normalized spacial score (nSPS) is 9.72. The highest BCUT2D eigenvalue weighted by Gasteiger charge is 2.10. The van der Waals surface area contributed by atoms with E-state index in [1.807, 2.05) is 35.2 Å². The summed E-state index contributed by atoms with van der Waals surface area (Å²) >= 11 is 0. The molecule has 1 aromatic heterocycles. The Kier molecular flexibility index (Phi) is 3.72. The lowest BCUT2D eigenvalue weighted by molar-refractivity contribution is 0.920. The predicted octanol–water partition coefficient (Wildman–Crippen LogP) is 2.11. The number of aromatic nitrogens is 2. The van der Waals surface area contributed by atoms with E-state index in [9.17, 15) is 0 Å². The number of nitrogens with two attached hydrogens (primary N) is 1. The van der Waals surface area contributed by atoms with Gasteiger partial charge in [0.05, 0.1) is 24.9 Å². The maximum Gasteiger partial charge on any atom is 0.151 e. The third-order valence-corrected chi connectivity index (χ3v) is 2.45. The number of nitriles is 1. The van der Waals surface area contributed by atoms with Crippen molar-refractivity contribution in [3.8, 4) is 6.07 Å². The van der Waals surface area contributed by atoms with Crippen LogP contribution in [-0.2, 0) is 0 Å². The Labute approximate surface area is 106 Å². The smallest absolute Gasteiger partial charge is 0.151 e. The second-order valence-corrected chi connectivity index (χ2v) is 3.69. The van der Waals surface area contributed by atoms with Crippen LogP contribution in [0.2, 0.25) is 0 Å². The number of hydrogen-bond donors (Lipinski definition) is 1. The summed E-state index contributed by atoms with van der Waals surface area (Å²) in [5.74, 6) is 1.07. The standard InChI is InChI=1S/C13H13N5/c14-7-4-8-18(11-5-2-1-3-6-11)13-10-16-12(15)9-17-13/h1-3,5-6,9-10H,4,8H2,(H2,15,16). The van der Waals surface area contributed by atoms with E-state index < -0.39 is 0 Å². The summed E-state index contributed by atoms with van der Waals surface area (Å²) in [6.45, 7) is 0.569. The maximum absolute atomic E-state index is 8.72. The summed E-state index contributed by atoms with van der Waals surface area (Å²) in [5, 5.41) is 8.72. The first kappa shape index (κ1) is 11.9. The molecule has 0 fully saturated rings. The number of anilines is 3. The summed E-state index contributed by atoms with van der Waals surface area (Å²) in [6.07, 6.45) is 3.54. The zero-order valence-corrected chi connectivity index (χ0v) is 9.82. The molecule has 90 valence electrons. The monoisotopic (exact) mass is 239 g/mol. The summed E-state index contributed by atoms with van der Waals surface area (Å²) < 4.78 is 0. The molecule has 2 N–H and O–H groups in total. The number of benzene rings is 1. The van der Waals surface area contributed by atoms with Crippen LogP contribution in [0, 0.1) is 11.3 Å². The van der Waals surface area contributed by atoms with Gasteiger partial charge in [0.2, 0.25) is 0 Å². The third-order valence-electron chi connectivity index (χ3n) is 2.45. The summed E-state index contributed by atoms with van der Waals surface area (Å²) in [4.78, 5) is 10.2. The van der Waals surface area contributed by atoms with Crippen LogP contribution < -0.4 is 10.6 Å². The molecule has 0 saturated carbocycles. The zero-order valence-electron chi connectivity index (χ0n) is 9.82. The van der Waals surface area contributed by atoms with Crippen LogP contribution in [0.25, 0.3) is 0 Å². The van der Waals surface area contributed by atoms with E-state index >= 15 is 0 Å². The molecule has 5 nitrogen and oxygen atoms in total. The van der Waals surface area contributed by atoms with Gasteiger partial charge >= 0.3 is 0 Å². The lowest BCUT2D eigenvalue weighted by Gasteiger charge is -2.22. The number of para-hydroxylation sites is 1. The van der Waals surface area contributed by atoms with Gasteiger partial charge in [-0.25, -0.2) is 9.97 Å². The molecule has 1 heterocycles. The first-order valence-electron chi connectivity index (χ1n) is 5.58. The Bertz CT molecular complexity index is 530. The lowest BCUT2D eigenvalue weighted by atomic mass is 10.2. The fourth-order valence-corrected chi connectivity index (χ4v) is 1.62. The Morgan fingerprint density at radius 1 is 1.17 bits per heavy atom. The number of nitrogen functional groups attached to an aromatic ring is 1. The van der Waals surface area contributed by atoms with Crippen molar-refractivity contribution in [2.75, 3.05) is 17.2 Å². The van der Waals surface area contributed by atoms with E-state index in [0.29, 0.717) is 24.6 Å². The molecule has 0 aliphatic heterocycles. The van der Waals surface area contributed by atoms with Gasteiger partial charge in [-0.1, -0.05) is 18.2 Å². The maximum atomic E-state index is 8.72. The topological polar surface area (TPSA) is 78.8 Å². The summed E-state index contributed by atoms with van der Waals surface area (Å²) in [5.41, 5.74) is 6.50. The van der Waals surface area contributed by atoms with Gasteiger partial charge in [-0.15, -0.1) is 0 Å². The second-order valence-electron chi connectivity index (χ2n) is 3.69. The molecular formula is C13H13N5. The van der Waals surface area contributed by atoms with E-state index in [1.165, 1.54) is 6.20 Å². The molecule has 0 saturated heterocycles. The van der Waals surface area contributed by atoms with Gasteiger partial charge in [0.15, 0.2) is 5.82 Å². The van der Waals surface area contributed by atoms with Gasteiger partial charge < -0.3 is 10.6 Å². The number of rotatable bonds is 4. The van der Waals surface area contributed by atoms with E-state index in [-0.39, 0.29) is 0 Å². The van der Waals surface area contributed by atoms with Gasteiger partial charge in [0.25, 0.3) is 0 Å². The Morgan fingerprint density at radius 2 is 1.94 bits per heavy atom. The molecule has 0 unspecified atom stereocenters. The van der Waals surface area contributed by atoms with Crippen molar-refractivity contribution in [3.05, 3.63) is 42.7 Å². The number of hydrogen-bond acceptors (Lipinski definition) is 5. The van der Waals surface area contributed by atoms with Crippen molar-refractivity contribution in [2.45, 2.75) is 6.42 Å². The molecule has 1 aromatic carbocycles. The molecule has 0 aliphatic carbocycles. The fourth-order valence-electron chi connectivity index (χ4n) is 1.62. The highest BCUT2D eigenvalue weighted by atomic mass is 15.2. The van der Waals surface area contributed by atoms with Gasteiger partial charge in [-0.05, 0) is 12.1 Å². The van der Waals surface area contributed by atoms with Crippen molar-refractivity contribution in [2.24, 2.45) is 0 Å². The van der Waals surface area contributed by atoms with Crippen LogP contribution in [0.3, 0.4) is 0 Å². The van der Waals surface area contributed by atoms with Crippen LogP contribution in [0.1, 0.15) is 6.42 Å². The Balaban J connectivity index is 2.31. The molecule has 2 aromatic rings. The van der Waals surface area contributed by atoms with Crippen molar-refractivity contribution in [1.29, 1.82) is 5.26 Å². The van der Waals surface area contributed by atoms with E-state index in [0.717, 1.165) is 5.69 Å². The van der Waals surface area contributed by atoms with Crippen molar-refractivity contribution >= 4 is 17.3 Å². The Morgan fingerprint density at radius 3 is 2.56 bits per heavy atom. The second kappa shape index (κ2) is 5.64. The molecule has 5 heteroatoms. The first-order valence-corrected chi connectivity index (χ1v) is 5.58. The van der Waals surface area contributed by atoms with E-state index in [1.54, 1.807) is 6.20 Å². The molecular weight excluding hydrogens is 226 g/mol. The minimum atomic E-state index is 0.382. The molecule has 0 radical (unpaired) electrons. The lowest BCUT2D eigenvalue weighted by Crippen LogP contribution is -2.19. The van der Waals surface area contributed by atoms with Gasteiger partial charge in [0.1, 0.15) is 5.82 Å². The minimum absolute atomic E-state index is 0.382. The molecule has 0 amide bonds. The highest BCUT2D eigenvalue weighted by Crippen LogP contribution is 2.22. The van der Waals surface area contributed by atoms with Crippen molar-refractivity contribution < 1.29 is 0 Å². The Hall–Kier alpha value is -2.61. The molecule has 0 spiro atoms. The van der Waals surface area contributed by atoms with Crippen LogP contribution in [0.5, 0.6) is 0 Å². The highest BCUT2D eigenvalue weighted by molar-refractivity contribution is 5.59. The van der Waals surface area contributed by atoms with Gasteiger partial charge in [0, 0.05) is 12.2 Å². The predicted molar refractivity (Wildman–Crippen MR) is 70.1 cm³/mol. The SMILES string of the molecule is N#CCCN(c1ccccc1)c1cnc(N)cn1. The van der Waals surface area contributed by atoms with Crippen molar-refractivity contribution in [3.63, 3.8) is 0 Å². The van der Waals surface area contributed by atoms with Crippen LogP contribution in [0.15, 0.2) is 42.7 Å². The van der Waals surface area contributed by atoms with Crippen LogP contribution in [-0.4, -0.2) is 16.5 Å². The summed E-state index contributed by atoms with van der Waals surface area (Å²) in [6, 6.07) is 11.9.